The monoisotopic (exact) mass is 291 g/mol. The van der Waals surface area contributed by atoms with Crippen molar-refractivity contribution in [1.82, 2.24) is 0 Å². The highest BCUT2D eigenvalue weighted by Crippen LogP contribution is 2.44. The molecule has 3 rings (SSSR count). The van der Waals surface area contributed by atoms with Crippen LogP contribution in [0.15, 0.2) is 42.5 Å². The third-order valence-electron chi connectivity index (χ3n) is 3.65. The van der Waals surface area contributed by atoms with Crippen molar-refractivity contribution < 1.29 is 9.84 Å². The third-order valence-corrected chi connectivity index (χ3v) is 3.65. The van der Waals surface area contributed by atoms with Gasteiger partial charge in [-0.05, 0) is 41.3 Å². The maximum Gasteiger partial charge on any atom is 0.123 e. The number of rotatable bonds is 3. The molecule has 20 heavy (non-hydrogen) atoms. The van der Waals surface area contributed by atoms with E-state index >= 15 is 0 Å². The zero-order valence-corrected chi connectivity index (χ0v) is 12.1. The minimum Gasteiger partial charge on any atom is -0.508 e. The molecule has 2 aromatic rings. The fourth-order valence-corrected chi connectivity index (χ4v) is 2.45. The van der Waals surface area contributed by atoms with Crippen LogP contribution in [0.5, 0.6) is 11.5 Å². The summed E-state index contributed by atoms with van der Waals surface area (Å²) >= 11 is 0. The van der Waals surface area contributed by atoms with Crippen molar-refractivity contribution in [3.05, 3.63) is 48.0 Å². The van der Waals surface area contributed by atoms with E-state index in [1.165, 1.54) is 5.56 Å². The van der Waals surface area contributed by atoms with Crippen LogP contribution in [0.3, 0.4) is 0 Å². The largest absolute Gasteiger partial charge is 0.508 e. The molecular formula is C16H18ClNO2. The molecule has 1 fully saturated rings. The topological polar surface area (TPSA) is 55.5 Å². The molecule has 0 aromatic heterocycles. The van der Waals surface area contributed by atoms with Crippen molar-refractivity contribution in [2.45, 2.75) is 18.4 Å². The van der Waals surface area contributed by atoms with Crippen molar-refractivity contribution >= 4 is 12.4 Å². The Hall–Kier alpha value is -1.71. The van der Waals surface area contributed by atoms with Crippen molar-refractivity contribution in [1.29, 1.82) is 0 Å². The third kappa shape index (κ3) is 2.74. The van der Waals surface area contributed by atoms with Gasteiger partial charge in [0.2, 0.25) is 0 Å². The number of methoxy groups -OCH3 is 1. The molecule has 0 aliphatic heterocycles. The highest BCUT2D eigenvalue weighted by Gasteiger charge is 2.36. The van der Waals surface area contributed by atoms with Gasteiger partial charge in [0, 0.05) is 12.0 Å². The zero-order valence-electron chi connectivity index (χ0n) is 11.2. The average Bonchev–Trinajstić information content (AvgIpc) is 3.15. The summed E-state index contributed by atoms with van der Waals surface area (Å²) in [6.07, 6.45) is 1.03. The SMILES string of the molecule is COc1cc(-c2cccc(O)c2)ccc1[C@@H]1C[C@H]1N.Cl. The number of ether oxygens (including phenoxy) is 1. The van der Waals surface area contributed by atoms with Gasteiger partial charge in [0.05, 0.1) is 7.11 Å². The summed E-state index contributed by atoms with van der Waals surface area (Å²) < 4.78 is 5.47. The maximum absolute atomic E-state index is 9.54. The molecule has 106 valence electrons. The first kappa shape index (κ1) is 14.7. The maximum atomic E-state index is 9.54. The van der Waals surface area contributed by atoms with Crippen LogP contribution in [0.1, 0.15) is 17.9 Å². The highest BCUT2D eigenvalue weighted by molar-refractivity contribution is 5.85. The standard InChI is InChI=1S/C16H17NO2.ClH/c1-19-16-8-11(10-3-2-4-12(18)7-10)5-6-13(16)14-9-15(14)17;/h2-8,14-15,18H,9,17H2,1H3;1H/t14-,15+;/m0./s1. The molecule has 0 heterocycles. The van der Waals surface area contributed by atoms with Gasteiger partial charge in [0.15, 0.2) is 0 Å². The summed E-state index contributed by atoms with van der Waals surface area (Å²) in [5.41, 5.74) is 9.09. The van der Waals surface area contributed by atoms with Crippen LogP contribution < -0.4 is 10.5 Å². The summed E-state index contributed by atoms with van der Waals surface area (Å²) in [7, 11) is 1.68. The van der Waals surface area contributed by atoms with Crippen LogP contribution in [-0.2, 0) is 0 Å². The van der Waals surface area contributed by atoms with Gasteiger partial charge in [0.25, 0.3) is 0 Å². The molecule has 3 nitrogen and oxygen atoms in total. The first-order valence-electron chi connectivity index (χ1n) is 6.42. The second-order valence-corrected chi connectivity index (χ2v) is 5.01. The molecule has 1 saturated carbocycles. The number of hydrogen-bond acceptors (Lipinski definition) is 3. The fraction of sp³-hybridized carbons (Fsp3) is 0.250. The quantitative estimate of drug-likeness (QED) is 0.912. The molecule has 0 amide bonds. The van der Waals surface area contributed by atoms with Crippen molar-refractivity contribution in [2.24, 2.45) is 5.73 Å². The lowest BCUT2D eigenvalue weighted by Crippen LogP contribution is -2.02. The fourth-order valence-electron chi connectivity index (χ4n) is 2.45. The molecule has 0 spiro atoms. The van der Waals surface area contributed by atoms with Crippen LogP contribution in [0, 0.1) is 0 Å². The number of phenols is 1. The van der Waals surface area contributed by atoms with Crippen molar-refractivity contribution in [3.8, 4) is 22.6 Å². The predicted octanol–water partition coefficient (Wildman–Crippen LogP) is 3.30. The molecular weight excluding hydrogens is 274 g/mol. The van der Waals surface area contributed by atoms with E-state index in [0.717, 1.165) is 23.3 Å². The molecule has 0 saturated heterocycles. The molecule has 0 unspecified atom stereocenters. The first-order chi connectivity index (χ1) is 9.19. The van der Waals surface area contributed by atoms with Gasteiger partial charge >= 0.3 is 0 Å². The number of halogens is 1. The van der Waals surface area contributed by atoms with Gasteiger partial charge in [-0.2, -0.15) is 0 Å². The van der Waals surface area contributed by atoms with Crippen LogP contribution in [0.2, 0.25) is 0 Å². The van der Waals surface area contributed by atoms with Crippen LogP contribution in [-0.4, -0.2) is 18.3 Å². The summed E-state index contributed by atoms with van der Waals surface area (Å²) in [6.45, 7) is 0. The van der Waals surface area contributed by atoms with Gasteiger partial charge < -0.3 is 15.6 Å². The number of aromatic hydroxyl groups is 1. The normalized spacial score (nSPS) is 20.1. The number of phenolic OH excluding ortho intramolecular Hbond substituents is 1. The summed E-state index contributed by atoms with van der Waals surface area (Å²) in [5, 5.41) is 9.54. The molecule has 0 bridgehead atoms. The molecule has 3 N–H and O–H groups in total. The Balaban J connectivity index is 0.00000147. The van der Waals surface area contributed by atoms with Gasteiger partial charge in [0.1, 0.15) is 11.5 Å². The summed E-state index contributed by atoms with van der Waals surface area (Å²) in [4.78, 5) is 0. The van der Waals surface area contributed by atoms with E-state index in [9.17, 15) is 5.11 Å². The lowest BCUT2D eigenvalue weighted by molar-refractivity contribution is 0.409. The first-order valence-corrected chi connectivity index (χ1v) is 6.42. The number of hydrogen-bond donors (Lipinski definition) is 2. The van der Waals surface area contributed by atoms with E-state index in [-0.39, 0.29) is 24.2 Å². The van der Waals surface area contributed by atoms with E-state index in [0.29, 0.717) is 5.92 Å². The highest BCUT2D eigenvalue weighted by atomic mass is 35.5. The summed E-state index contributed by atoms with van der Waals surface area (Å²) in [5.74, 6) is 1.57. The van der Waals surface area contributed by atoms with Gasteiger partial charge in [-0.3, -0.25) is 0 Å². The minimum atomic E-state index is 0. The Morgan fingerprint density at radius 3 is 2.45 bits per heavy atom. The van der Waals surface area contributed by atoms with E-state index in [1.54, 1.807) is 19.2 Å². The van der Waals surface area contributed by atoms with Crippen molar-refractivity contribution in [3.63, 3.8) is 0 Å². The molecule has 1 aliphatic carbocycles. The molecule has 2 aromatic carbocycles. The average molecular weight is 292 g/mol. The van der Waals surface area contributed by atoms with Gasteiger partial charge in [-0.25, -0.2) is 0 Å². The van der Waals surface area contributed by atoms with E-state index in [4.69, 9.17) is 10.5 Å². The summed E-state index contributed by atoms with van der Waals surface area (Å²) in [6, 6.07) is 13.6. The lowest BCUT2D eigenvalue weighted by atomic mass is 10.0. The lowest BCUT2D eigenvalue weighted by Gasteiger charge is -2.11. The number of benzene rings is 2. The van der Waals surface area contributed by atoms with Crippen LogP contribution in [0.25, 0.3) is 11.1 Å². The Kier molecular flexibility index (Phi) is 4.21. The zero-order chi connectivity index (χ0) is 13.4. The molecule has 4 heteroatoms. The van der Waals surface area contributed by atoms with Crippen LogP contribution >= 0.6 is 12.4 Å². The second-order valence-electron chi connectivity index (χ2n) is 5.01. The van der Waals surface area contributed by atoms with Crippen LogP contribution in [0.4, 0.5) is 0 Å². The molecule has 0 radical (unpaired) electrons. The van der Waals surface area contributed by atoms with E-state index in [1.807, 2.05) is 18.2 Å². The minimum absolute atomic E-state index is 0. The molecule has 1 aliphatic rings. The predicted molar refractivity (Wildman–Crippen MR) is 82.7 cm³/mol. The Bertz CT molecular complexity index is 615. The second kappa shape index (κ2) is 5.73. The Morgan fingerprint density at radius 2 is 1.85 bits per heavy atom. The van der Waals surface area contributed by atoms with Gasteiger partial charge in [-0.15, -0.1) is 12.4 Å². The van der Waals surface area contributed by atoms with E-state index < -0.39 is 0 Å². The Morgan fingerprint density at radius 1 is 1.15 bits per heavy atom. The smallest absolute Gasteiger partial charge is 0.123 e. The molecule has 2 atom stereocenters. The number of nitrogens with two attached hydrogens (primary N) is 1. The van der Waals surface area contributed by atoms with Gasteiger partial charge in [-0.1, -0.05) is 24.3 Å². The van der Waals surface area contributed by atoms with E-state index in [2.05, 4.69) is 12.1 Å². The van der Waals surface area contributed by atoms with Crippen molar-refractivity contribution in [2.75, 3.05) is 7.11 Å². The Labute approximate surface area is 124 Å².